The molecule has 328 valence electrons. The topological polar surface area (TPSA) is 140 Å². The number of hydrogen-bond donors (Lipinski definition) is 4. The Labute approximate surface area is 376 Å². The summed E-state index contributed by atoms with van der Waals surface area (Å²) in [5.74, 6) is 4.38. The molecule has 4 aromatic rings. The quantitative estimate of drug-likeness (QED) is 0.0852. The highest BCUT2D eigenvalue weighted by Gasteiger charge is 2.28. The molecule has 0 unspecified atom stereocenters. The predicted octanol–water partition coefficient (Wildman–Crippen LogP) is 11.4. The van der Waals surface area contributed by atoms with Crippen LogP contribution in [0.2, 0.25) is 0 Å². The van der Waals surface area contributed by atoms with Gasteiger partial charge in [0.25, 0.3) is 0 Å². The first-order chi connectivity index (χ1) is 28.5. The molecule has 2 aromatic carbocycles. The summed E-state index contributed by atoms with van der Waals surface area (Å²) < 4.78 is 1.61. The van der Waals surface area contributed by atoms with E-state index >= 15 is 0 Å². The molecule has 2 aliphatic rings. The van der Waals surface area contributed by atoms with Gasteiger partial charge in [0, 0.05) is 75.9 Å². The fraction of sp³-hybridized carbons (Fsp3) is 0.522. The Morgan fingerprint density at radius 3 is 1.40 bits per heavy atom. The minimum atomic E-state index is 0.234. The molecule has 0 atom stereocenters. The van der Waals surface area contributed by atoms with Gasteiger partial charge in [-0.05, 0) is 99.6 Å². The molecule has 0 saturated heterocycles. The van der Waals surface area contributed by atoms with E-state index in [0.717, 1.165) is 77.2 Å². The molecule has 2 fully saturated rings. The lowest BCUT2D eigenvalue weighted by atomic mass is 9.84. The number of carbonyl (C=O) groups is 2. The Bertz CT molecular complexity index is 1840. The molecule has 2 aromatic heterocycles. The summed E-state index contributed by atoms with van der Waals surface area (Å²) in [7, 11) is 3.75. The van der Waals surface area contributed by atoms with Crippen molar-refractivity contribution in [2.45, 2.75) is 93.4 Å². The van der Waals surface area contributed by atoms with Crippen molar-refractivity contribution in [1.29, 1.82) is 0 Å². The molecule has 0 aliphatic heterocycles. The number of rotatable bonds is 15. The first-order valence-corrected chi connectivity index (χ1v) is 22.8. The maximum absolute atomic E-state index is 12.1. The van der Waals surface area contributed by atoms with Gasteiger partial charge in [0.1, 0.15) is 11.6 Å². The van der Waals surface area contributed by atoms with Crippen molar-refractivity contribution in [3.05, 3.63) is 82.0 Å². The molecule has 0 bridgehead atoms. The zero-order valence-corrected chi connectivity index (χ0v) is 40.4. The first kappa shape index (κ1) is 50.1. The first-order valence-electron chi connectivity index (χ1n) is 21.2. The Morgan fingerprint density at radius 2 is 1.03 bits per heavy atom. The van der Waals surface area contributed by atoms with Crippen molar-refractivity contribution >= 4 is 78.6 Å². The summed E-state index contributed by atoms with van der Waals surface area (Å²) in [6.45, 7) is 18.0. The summed E-state index contributed by atoms with van der Waals surface area (Å²) >= 11 is 6.94. The van der Waals surface area contributed by atoms with E-state index in [-0.39, 0.29) is 23.7 Å². The van der Waals surface area contributed by atoms with Crippen LogP contribution in [0.15, 0.2) is 82.0 Å². The third-order valence-corrected chi connectivity index (χ3v) is 10.1. The summed E-state index contributed by atoms with van der Waals surface area (Å²) in [5.41, 5.74) is 2.37. The van der Waals surface area contributed by atoms with Crippen molar-refractivity contribution in [2.24, 2.45) is 23.2 Å². The van der Waals surface area contributed by atoms with E-state index in [0.29, 0.717) is 36.2 Å². The number of nitrogens with one attached hydrogen (secondary N) is 4. The van der Waals surface area contributed by atoms with Gasteiger partial charge >= 0.3 is 0 Å². The SMILES string of the molecule is CC(C)(C)C.CC(C)C.CN(CCCNc1nc(Nc2ccccc2)ncc1Br)C(=O)C1CCC1.CN(CCNc1nc(Nc2ccccc2)ncc1Br)C(=O)C1CCC1. The second-order valence-electron chi connectivity index (χ2n) is 17.5. The van der Waals surface area contributed by atoms with E-state index in [9.17, 15) is 9.59 Å². The average molecular weight is 953 g/mol. The molecule has 12 nitrogen and oxygen atoms in total. The normalized spacial score (nSPS) is 13.3. The second-order valence-corrected chi connectivity index (χ2v) is 19.2. The van der Waals surface area contributed by atoms with Gasteiger partial charge < -0.3 is 31.1 Å². The van der Waals surface area contributed by atoms with Crippen LogP contribution in [0, 0.1) is 23.2 Å². The molecule has 0 spiro atoms. The van der Waals surface area contributed by atoms with E-state index in [2.05, 4.69) is 122 Å². The number of carbonyl (C=O) groups excluding carboxylic acids is 2. The van der Waals surface area contributed by atoms with E-state index in [1.54, 1.807) is 17.3 Å². The van der Waals surface area contributed by atoms with Crippen LogP contribution in [-0.2, 0) is 9.59 Å². The predicted molar refractivity (Wildman–Crippen MR) is 256 cm³/mol. The van der Waals surface area contributed by atoms with Gasteiger partial charge in [-0.25, -0.2) is 9.97 Å². The molecular formula is C46H68Br2N10O2. The van der Waals surface area contributed by atoms with Crippen molar-refractivity contribution in [1.82, 2.24) is 29.7 Å². The summed E-state index contributed by atoms with van der Waals surface area (Å²) in [5, 5.41) is 12.9. The molecule has 2 heterocycles. The Morgan fingerprint density at radius 1 is 0.667 bits per heavy atom. The molecular weight excluding hydrogens is 884 g/mol. The molecule has 6 rings (SSSR count). The van der Waals surface area contributed by atoms with E-state index in [4.69, 9.17) is 0 Å². The third kappa shape index (κ3) is 19.8. The van der Waals surface area contributed by atoms with Gasteiger partial charge in [-0.15, -0.1) is 0 Å². The Kier molecular flexibility index (Phi) is 21.8. The standard InChI is InChI=1S/C19H24BrN5O.C18H22BrN5O.C5H12.C4H10/c1-25(18(26)14-7-5-8-14)12-6-11-21-17-16(20)13-22-19(24-17)23-15-9-3-2-4-10-15;1-24(17(25)13-6-5-7-13)11-10-20-16-15(19)12-21-18(23-16)22-14-8-3-2-4-9-14;1-5(2,3)4;1-4(2)3/h2-4,9-10,13-14H,5-8,11-12H2,1H3,(H2,21,22,23,24);2-4,8-9,12-13H,5-7,10-11H2,1H3,(H2,20,21,22,23);1-4H3;4H,1-3H3. The number of para-hydroxylation sites is 2. The van der Waals surface area contributed by atoms with Crippen molar-refractivity contribution < 1.29 is 9.59 Å². The highest BCUT2D eigenvalue weighted by molar-refractivity contribution is 9.11. The highest BCUT2D eigenvalue weighted by atomic mass is 79.9. The van der Waals surface area contributed by atoms with Gasteiger partial charge in [-0.2, -0.15) is 9.97 Å². The van der Waals surface area contributed by atoms with E-state index < -0.39 is 0 Å². The van der Waals surface area contributed by atoms with Gasteiger partial charge in [-0.3, -0.25) is 9.59 Å². The molecule has 4 N–H and O–H groups in total. The monoisotopic (exact) mass is 950 g/mol. The van der Waals surface area contributed by atoms with Gasteiger partial charge in [0.05, 0.1) is 8.95 Å². The lowest BCUT2D eigenvalue weighted by molar-refractivity contribution is -0.137. The van der Waals surface area contributed by atoms with Crippen LogP contribution < -0.4 is 21.3 Å². The van der Waals surface area contributed by atoms with Crippen LogP contribution in [0.4, 0.5) is 34.9 Å². The largest absolute Gasteiger partial charge is 0.369 e. The van der Waals surface area contributed by atoms with Crippen LogP contribution in [-0.4, -0.2) is 81.8 Å². The number of benzene rings is 2. The number of amides is 2. The van der Waals surface area contributed by atoms with E-state index in [1.165, 1.54) is 12.8 Å². The van der Waals surface area contributed by atoms with Gasteiger partial charge in [-0.1, -0.05) is 97.7 Å². The Hall–Kier alpha value is -4.30. The molecule has 2 amide bonds. The number of nitrogens with zero attached hydrogens (tertiary/aromatic N) is 6. The van der Waals surface area contributed by atoms with Gasteiger partial charge in [0.15, 0.2) is 0 Å². The van der Waals surface area contributed by atoms with Crippen molar-refractivity contribution in [3.8, 4) is 0 Å². The average Bonchev–Trinajstić information content (AvgIpc) is 3.14. The lowest BCUT2D eigenvalue weighted by Crippen LogP contribution is -2.38. The lowest BCUT2D eigenvalue weighted by Gasteiger charge is -2.29. The Balaban J connectivity index is 0.000000267. The molecule has 2 saturated carbocycles. The minimum Gasteiger partial charge on any atom is -0.369 e. The van der Waals surface area contributed by atoms with Crippen LogP contribution in [0.5, 0.6) is 0 Å². The summed E-state index contributed by atoms with van der Waals surface area (Å²) in [4.78, 5) is 45.5. The van der Waals surface area contributed by atoms with Crippen molar-refractivity contribution in [2.75, 3.05) is 61.5 Å². The fourth-order valence-electron chi connectivity index (χ4n) is 5.42. The summed E-state index contributed by atoms with van der Waals surface area (Å²) in [6.07, 6.45) is 10.8. The molecule has 0 radical (unpaired) electrons. The molecule has 14 heteroatoms. The van der Waals surface area contributed by atoms with Crippen LogP contribution >= 0.6 is 31.9 Å². The number of anilines is 6. The zero-order valence-electron chi connectivity index (χ0n) is 37.2. The zero-order chi connectivity index (χ0) is 44.1. The van der Waals surface area contributed by atoms with Crippen LogP contribution in [0.25, 0.3) is 0 Å². The van der Waals surface area contributed by atoms with Crippen molar-refractivity contribution in [3.63, 3.8) is 0 Å². The second kappa shape index (κ2) is 26.1. The molecule has 60 heavy (non-hydrogen) atoms. The van der Waals surface area contributed by atoms with E-state index in [1.807, 2.05) is 79.7 Å². The van der Waals surface area contributed by atoms with Crippen LogP contribution in [0.1, 0.15) is 93.4 Å². The number of aromatic nitrogens is 4. The number of likely N-dealkylation sites (N-methyl/N-ethyl adjacent to an activating group) is 1. The van der Waals surface area contributed by atoms with Gasteiger partial charge in [0.2, 0.25) is 23.7 Å². The van der Waals surface area contributed by atoms with Crippen LogP contribution in [0.3, 0.4) is 0 Å². The summed E-state index contributed by atoms with van der Waals surface area (Å²) in [6, 6.07) is 19.6. The minimum absolute atomic E-state index is 0.234. The fourth-order valence-corrected chi connectivity index (χ4v) is 6.09. The number of halogens is 2. The maximum Gasteiger partial charge on any atom is 0.229 e. The molecule has 2 aliphatic carbocycles. The highest BCUT2D eigenvalue weighted by Crippen LogP contribution is 2.29. The smallest absolute Gasteiger partial charge is 0.229 e. The third-order valence-electron chi connectivity index (χ3n) is 8.91. The maximum atomic E-state index is 12.1. The number of hydrogen-bond acceptors (Lipinski definition) is 10.